The Morgan fingerprint density at radius 3 is 2.65 bits per heavy atom. The van der Waals surface area contributed by atoms with Crippen LogP contribution >= 0.6 is 22.9 Å². The van der Waals surface area contributed by atoms with Gasteiger partial charge in [0.2, 0.25) is 0 Å². The lowest BCUT2D eigenvalue weighted by Crippen LogP contribution is -2.10. The molecule has 2 aromatic carbocycles. The zero-order valence-electron chi connectivity index (χ0n) is 11.0. The quantitative estimate of drug-likeness (QED) is 0.767. The predicted octanol–water partition coefficient (Wildman–Crippen LogP) is 4.61. The average Bonchev–Trinajstić information content (AvgIpc) is 2.90. The Kier molecular flexibility index (Phi) is 3.66. The summed E-state index contributed by atoms with van der Waals surface area (Å²) >= 11 is 7.88. The Bertz CT molecular complexity index is 720. The van der Waals surface area contributed by atoms with Gasteiger partial charge in [-0.2, -0.15) is 0 Å². The molecule has 0 bridgehead atoms. The maximum absolute atomic E-state index is 6.35. The zero-order valence-corrected chi connectivity index (χ0v) is 12.5. The highest BCUT2D eigenvalue weighted by atomic mass is 35.5. The molecule has 0 saturated heterocycles. The molecular weight excluding hydrogens is 290 g/mol. The maximum atomic E-state index is 6.35. The Morgan fingerprint density at radius 2 is 1.95 bits per heavy atom. The molecule has 3 rings (SSSR count). The summed E-state index contributed by atoms with van der Waals surface area (Å²) in [6, 6.07) is 15.9. The van der Waals surface area contributed by atoms with Crippen molar-refractivity contribution in [2.75, 3.05) is 7.11 Å². The predicted molar refractivity (Wildman–Crippen MR) is 85.9 cm³/mol. The van der Waals surface area contributed by atoms with E-state index in [2.05, 4.69) is 18.2 Å². The molecular formula is C16H14ClNOS. The first-order valence-electron chi connectivity index (χ1n) is 6.26. The minimum Gasteiger partial charge on any atom is -0.495 e. The molecule has 1 unspecified atom stereocenters. The summed E-state index contributed by atoms with van der Waals surface area (Å²) in [7, 11) is 1.60. The van der Waals surface area contributed by atoms with Crippen molar-refractivity contribution in [3.05, 3.63) is 64.0 Å². The SMILES string of the molecule is COc1ccc(C(N)c2cc3ccccc3s2)cc1Cl. The fourth-order valence-electron chi connectivity index (χ4n) is 2.20. The molecule has 3 aromatic rings. The molecule has 0 radical (unpaired) electrons. The number of ether oxygens (including phenoxy) is 1. The van der Waals surface area contributed by atoms with E-state index in [9.17, 15) is 0 Å². The number of halogens is 1. The average molecular weight is 304 g/mol. The van der Waals surface area contributed by atoms with E-state index in [0.717, 1.165) is 10.4 Å². The summed E-state index contributed by atoms with van der Waals surface area (Å²) in [6.07, 6.45) is 0. The van der Waals surface area contributed by atoms with Gasteiger partial charge in [0.05, 0.1) is 18.2 Å². The van der Waals surface area contributed by atoms with Crippen molar-refractivity contribution in [2.24, 2.45) is 5.73 Å². The van der Waals surface area contributed by atoms with Crippen LogP contribution in [-0.2, 0) is 0 Å². The lowest BCUT2D eigenvalue weighted by atomic mass is 10.1. The van der Waals surface area contributed by atoms with Crippen LogP contribution in [0, 0.1) is 0 Å². The fourth-order valence-corrected chi connectivity index (χ4v) is 3.56. The number of rotatable bonds is 3. The van der Waals surface area contributed by atoms with Crippen LogP contribution in [0.5, 0.6) is 5.75 Å². The van der Waals surface area contributed by atoms with Crippen LogP contribution in [0.15, 0.2) is 48.5 Å². The Labute approximate surface area is 126 Å². The van der Waals surface area contributed by atoms with Gasteiger partial charge in [-0.05, 0) is 35.2 Å². The molecule has 0 amide bonds. The summed E-state index contributed by atoms with van der Waals surface area (Å²) in [4.78, 5) is 1.13. The monoisotopic (exact) mass is 303 g/mol. The molecule has 0 aliphatic carbocycles. The molecule has 0 saturated carbocycles. The van der Waals surface area contributed by atoms with Crippen molar-refractivity contribution in [2.45, 2.75) is 6.04 Å². The smallest absolute Gasteiger partial charge is 0.137 e. The summed E-state index contributed by atoms with van der Waals surface area (Å²) in [5.74, 6) is 0.666. The Balaban J connectivity index is 1.99. The molecule has 2 N–H and O–H groups in total. The minimum atomic E-state index is -0.171. The van der Waals surface area contributed by atoms with Gasteiger partial charge in [-0.25, -0.2) is 0 Å². The number of nitrogens with two attached hydrogens (primary N) is 1. The number of fused-ring (bicyclic) bond motifs is 1. The highest BCUT2D eigenvalue weighted by Gasteiger charge is 2.14. The van der Waals surface area contributed by atoms with Gasteiger partial charge < -0.3 is 10.5 Å². The van der Waals surface area contributed by atoms with Gasteiger partial charge in [-0.15, -0.1) is 11.3 Å². The first-order valence-corrected chi connectivity index (χ1v) is 7.46. The summed E-state index contributed by atoms with van der Waals surface area (Å²) < 4.78 is 6.41. The van der Waals surface area contributed by atoms with Gasteiger partial charge in [0.15, 0.2) is 0 Å². The molecule has 2 nitrogen and oxygen atoms in total. The van der Waals surface area contributed by atoms with E-state index < -0.39 is 0 Å². The summed E-state index contributed by atoms with van der Waals surface area (Å²) in [5, 5.41) is 1.81. The van der Waals surface area contributed by atoms with Crippen LogP contribution in [-0.4, -0.2) is 7.11 Å². The highest BCUT2D eigenvalue weighted by molar-refractivity contribution is 7.19. The van der Waals surface area contributed by atoms with Gasteiger partial charge in [0.25, 0.3) is 0 Å². The van der Waals surface area contributed by atoms with Crippen LogP contribution in [0.4, 0.5) is 0 Å². The molecule has 1 heterocycles. The number of hydrogen-bond acceptors (Lipinski definition) is 3. The molecule has 4 heteroatoms. The van der Waals surface area contributed by atoms with E-state index in [1.165, 1.54) is 10.1 Å². The van der Waals surface area contributed by atoms with E-state index in [-0.39, 0.29) is 6.04 Å². The van der Waals surface area contributed by atoms with Crippen molar-refractivity contribution in [1.29, 1.82) is 0 Å². The van der Waals surface area contributed by atoms with E-state index >= 15 is 0 Å². The van der Waals surface area contributed by atoms with Crippen LogP contribution in [0.2, 0.25) is 5.02 Å². The normalized spacial score (nSPS) is 12.6. The van der Waals surface area contributed by atoms with Gasteiger partial charge >= 0.3 is 0 Å². The number of hydrogen-bond donors (Lipinski definition) is 1. The number of benzene rings is 2. The molecule has 0 fully saturated rings. The zero-order chi connectivity index (χ0) is 14.1. The van der Waals surface area contributed by atoms with Gasteiger partial charge in [-0.3, -0.25) is 0 Å². The molecule has 0 aliphatic rings. The van der Waals surface area contributed by atoms with E-state index in [1.54, 1.807) is 18.4 Å². The van der Waals surface area contributed by atoms with Crippen LogP contribution in [0.1, 0.15) is 16.5 Å². The summed E-state index contributed by atoms with van der Waals surface area (Å²) in [5.41, 5.74) is 7.34. The van der Waals surface area contributed by atoms with Gasteiger partial charge in [0.1, 0.15) is 5.75 Å². The third kappa shape index (κ3) is 2.40. The first-order chi connectivity index (χ1) is 9.69. The largest absolute Gasteiger partial charge is 0.495 e. The number of thiophene rings is 1. The second-order valence-corrected chi connectivity index (χ2v) is 6.08. The second kappa shape index (κ2) is 5.44. The van der Waals surface area contributed by atoms with Gasteiger partial charge in [-0.1, -0.05) is 35.9 Å². The molecule has 0 aliphatic heterocycles. The van der Waals surface area contributed by atoms with Crippen molar-refractivity contribution in [1.82, 2.24) is 0 Å². The van der Waals surface area contributed by atoms with Crippen molar-refractivity contribution >= 4 is 33.0 Å². The van der Waals surface area contributed by atoms with Gasteiger partial charge in [0, 0.05) is 9.58 Å². The van der Waals surface area contributed by atoms with Crippen LogP contribution < -0.4 is 10.5 Å². The van der Waals surface area contributed by atoms with Crippen molar-refractivity contribution in [3.63, 3.8) is 0 Å². The lowest BCUT2D eigenvalue weighted by molar-refractivity contribution is 0.415. The molecule has 0 spiro atoms. The number of methoxy groups -OCH3 is 1. The fraction of sp³-hybridized carbons (Fsp3) is 0.125. The second-order valence-electron chi connectivity index (χ2n) is 4.56. The van der Waals surface area contributed by atoms with E-state index in [0.29, 0.717) is 10.8 Å². The lowest BCUT2D eigenvalue weighted by Gasteiger charge is -2.12. The minimum absolute atomic E-state index is 0.171. The Morgan fingerprint density at radius 1 is 1.15 bits per heavy atom. The standard InChI is InChI=1S/C16H14ClNOS/c1-19-13-7-6-11(8-12(13)17)16(18)15-9-10-4-2-3-5-14(10)20-15/h2-9,16H,18H2,1H3. The molecule has 1 atom stereocenters. The highest BCUT2D eigenvalue weighted by Crippen LogP contribution is 2.34. The molecule has 1 aromatic heterocycles. The molecule has 20 heavy (non-hydrogen) atoms. The topological polar surface area (TPSA) is 35.2 Å². The van der Waals surface area contributed by atoms with Crippen LogP contribution in [0.3, 0.4) is 0 Å². The maximum Gasteiger partial charge on any atom is 0.137 e. The van der Waals surface area contributed by atoms with Crippen LogP contribution in [0.25, 0.3) is 10.1 Å². The van der Waals surface area contributed by atoms with Crippen molar-refractivity contribution in [3.8, 4) is 5.75 Å². The van der Waals surface area contributed by atoms with E-state index in [1.807, 2.05) is 30.3 Å². The third-order valence-electron chi connectivity index (χ3n) is 3.29. The first kappa shape index (κ1) is 13.4. The van der Waals surface area contributed by atoms with Crippen molar-refractivity contribution < 1.29 is 4.74 Å². The summed E-state index contributed by atoms with van der Waals surface area (Å²) in [6.45, 7) is 0. The third-order valence-corrected chi connectivity index (χ3v) is 4.78. The van der Waals surface area contributed by atoms with E-state index in [4.69, 9.17) is 22.1 Å². The molecule has 102 valence electrons. The Hall–Kier alpha value is -1.55.